The van der Waals surface area contributed by atoms with E-state index in [1.54, 1.807) is 4.90 Å². The van der Waals surface area contributed by atoms with Gasteiger partial charge in [-0.25, -0.2) is 4.79 Å². The van der Waals surface area contributed by atoms with E-state index in [0.29, 0.717) is 6.61 Å². The van der Waals surface area contributed by atoms with Gasteiger partial charge in [-0.3, -0.25) is 0 Å². The van der Waals surface area contributed by atoms with Crippen LogP contribution in [0.1, 0.15) is 17.5 Å². The molecular weight excluding hydrogens is 228 g/mol. The quantitative estimate of drug-likeness (QED) is 0.869. The molecule has 0 unspecified atom stereocenters. The summed E-state index contributed by atoms with van der Waals surface area (Å²) >= 11 is 0. The van der Waals surface area contributed by atoms with Crippen LogP contribution in [0.25, 0.3) is 0 Å². The van der Waals surface area contributed by atoms with E-state index in [-0.39, 0.29) is 6.09 Å². The molecular formula is C14H20N2O2. The average Bonchev–Trinajstić information content (AvgIpc) is 2.66. The molecule has 1 fully saturated rings. The van der Waals surface area contributed by atoms with Gasteiger partial charge in [0.15, 0.2) is 0 Å². The lowest BCUT2D eigenvalue weighted by molar-refractivity contribution is 0.0984. The first-order valence-corrected chi connectivity index (χ1v) is 6.44. The van der Waals surface area contributed by atoms with Crippen molar-refractivity contribution in [1.82, 2.24) is 10.2 Å². The zero-order chi connectivity index (χ0) is 12.8. The van der Waals surface area contributed by atoms with Gasteiger partial charge in [0.25, 0.3) is 0 Å². The molecule has 98 valence electrons. The smallest absolute Gasteiger partial charge is 0.410 e. The van der Waals surface area contributed by atoms with Crippen LogP contribution in [-0.2, 0) is 11.3 Å². The van der Waals surface area contributed by atoms with Gasteiger partial charge < -0.3 is 15.0 Å². The van der Waals surface area contributed by atoms with Crippen molar-refractivity contribution in [2.45, 2.75) is 20.0 Å². The largest absolute Gasteiger partial charge is 0.445 e. The Bertz CT molecular complexity index is 381. The van der Waals surface area contributed by atoms with Gasteiger partial charge in [0.2, 0.25) is 0 Å². The Hall–Kier alpha value is -1.55. The molecule has 0 atom stereocenters. The standard InChI is InChI=1S/C14H20N2O2/c1-12-3-5-13(6-4-12)11-18-14(17)16-9-2-7-15-8-10-16/h3-6,15H,2,7-11H2,1H3. The van der Waals surface area contributed by atoms with Crippen LogP contribution in [0.5, 0.6) is 0 Å². The van der Waals surface area contributed by atoms with Gasteiger partial charge in [0, 0.05) is 19.6 Å². The number of hydrogen-bond acceptors (Lipinski definition) is 3. The summed E-state index contributed by atoms with van der Waals surface area (Å²) in [6.07, 6.45) is 0.777. The van der Waals surface area contributed by atoms with Crippen molar-refractivity contribution in [3.8, 4) is 0 Å². The molecule has 1 aliphatic heterocycles. The molecule has 0 spiro atoms. The molecule has 0 radical (unpaired) electrons. The molecule has 0 aromatic heterocycles. The van der Waals surface area contributed by atoms with Crippen molar-refractivity contribution in [1.29, 1.82) is 0 Å². The molecule has 2 rings (SSSR count). The van der Waals surface area contributed by atoms with Crippen molar-refractivity contribution < 1.29 is 9.53 Å². The third-order valence-electron chi connectivity index (χ3n) is 3.08. The van der Waals surface area contributed by atoms with Crippen LogP contribution in [-0.4, -0.2) is 37.2 Å². The molecule has 0 bridgehead atoms. The fourth-order valence-corrected chi connectivity index (χ4v) is 1.95. The second kappa shape index (κ2) is 6.40. The number of benzene rings is 1. The summed E-state index contributed by atoms with van der Waals surface area (Å²) in [5.41, 5.74) is 2.24. The average molecular weight is 248 g/mol. The molecule has 1 saturated heterocycles. The van der Waals surface area contributed by atoms with E-state index in [4.69, 9.17) is 4.74 Å². The number of rotatable bonds is 2. The molecule has 0 aliphatic carbocycles. The minimum atomic E-state index is -0.209. The number of ether oxygens (including phenoxy) is 1. The highest BCUT2D eigenvalue weighted by molar-refractivity contribution is 5.67. The van der Waals surface area contributed by atoms with Crippen LogP contribution in [0.15, 0.2) is 24.3 Å². The van der Waals surface area contributed by atoms with E-state index in [9.17, 15) is 4.79 Å². The number of carbonyl (C=O) groups is 1. The minimum Gasteiger partial charge on any atom is -0.445 e. The van der Waals surface area contributed by atoms with Crippen molar-refractivity contribution in [3.63, 3.8) is 0 Å². The number of carbonyl (C=O) groups excluding carboxylic acids is 1. The highest BCUT2D eigenvalue weighted by Gasteiger charge is 2.16. The second-order valence-corrected chi connectivity index (χ2v) is 4.63. The normalized spacial score (nSPS) is 16.2. The van der Waals surface area contributed by atoms with Crippen LogP contribution in [0.2, 0.25) is 0 Å². The van der Waals surface area contributed by atoms with Crippen molar-refractivity contribution >= 4 is 6.09 Å². The third kappa shape index (κ3) is 3.74. The van der Waals surface area contributed by atoms with Crippen LogP contribution in [0.3, 0.4) is 0 Å². The highest BCUT2D eigenvalue weighted by Crippen LogP contribution is 2.06. The molecule has 1 aromatic carbocycles. The van der Waals surface area contributed by atoms with E-state index in [2.05, 4.69) is 5.32 Å². The number of aryl methyl sites for hydroxylation is 1. The predicted molar refractivity (Wildman–Crippen MR) is 70.4 cm³/mol. The lowest BCUT2D eigenvalue weighted by Gasteiger charge is -2.19. The Morgan fingerprint density at radius 3 is 2.83 bits per heavy atom. The first kappa shape index (κ1) is 12.9. The second-order valence-electron chi connectivity index (χ2n) is 4.63. The Kier molecular flexibility index (Phi) is 4.59. The first-order chi connectivity index (χ1) is 8.75. The minimum absolute atomic E-state index is 0.209. The van der Waals surface area contributed by atoms with Crippen molar-refractivity contribution in [2.24, 2.45) is 0 Å². The molecule has 1 heterocycles. The lowest BCUT2D eigenvalue weighted by atomic mass is 10.2. The molecule has 1 N–H and O–H groups in total. The zero-order valence-electron chi connectivity index (χ0n) is 10.8. The van der Waals surface area contributed by atoms with E-state index in [0.717, 1.165) is 38.2 Å². The van der Waals surface area contributed by atoms with E-state index in [1.165, 1.54) is 5.56 Å². The Balaban J connectivity index is 1.81. The topological polar surface area (TPSA) is 41.6 Å². The SMILES string of the molecule is Cc1ccc(COC(=O)N2CCCNCC2)cc1. The van der Waals surface area contributed by atoms with Gasteiger partial charge in [-0.2, -0.15) is 0 Å². The molecule has 4 nitrogen and oxygen atoms in total. The molecule has 18 heavy (non-hydrogen) atoms. The van der Waals surface area contributed by atoms with Crippen LogP contribution < -0.4 is 5.32 Å². The summed E-state index contributed by atoms with van der Waals surface area (Å²) in [5.74, 6) is 0. The Morgan fingerprint density at radius 2 is 2.06 bits per heavy atom. The molecule has 0 saturated carbocycles. The van der Waals surface area contributed by atoms with E-state index in [1.807, 2.05) is 31.2 Å². The van der Waals surface area contributed by atoms with Gasteiger partial charge in [0.05, 0.1) is 0 Å². The van der Waals surface area contributed by atoms with Gasteiger partial charge in [-0.05, 0) is 25.5 Å². The zero-order valence-corrected chi connectivity index (χ0v) is 10.8. The Labute approximate surface area is 108 Å². The summed E-state index contributed by atoms with van der Waals surface area (Å²) in [6.45, 7) is 5.72. The van der Waals surface area contributed by atoms with Gasteiger partial charge in [-0.1, -0.05) is 29.8 Å². The van der Waals surface area contributed by atoms with Crippen molar-refractivity contribution in [3.05, 3.63) is 35.4 Å². The number of amides is 1. The summed E-state index contributed by atoms with van der Waals surface area (Å²) < 4.78 is 5.32. The van der Waals surface area contributed by atoms with Crippen LogP contribution in [0, 0.1) is 6.92 Å². The van der Waals surface area contributed by atoms with Crippen LogP contribution >= 0.6 is 0 Å². The maximum atomic E-state index is 11.9. The monoisotopic (exact) mass is 248 g/mol. The predicted octanol–water partition coefficient (Wildman–Crippen LogP) is 1.93. The Morgan fingerprint density at radius 1 is 1.28 bits per heavy atom. The molecule has 1 amide bonds. The summed E-state index contributed by atoms with van der Waals surface area (Å²) in [5, 5.41) is 3.26. The van der Waals surface area contributed by atoms with Gasteiger partial charge in [-0.15, -0.1) is 0 Å². The maximum Gasteiger partial charge on any atom is 0.410 e. The lowest BCUT2D eigenvalue weighted by Crippen LogP contribution is -2.34. The molecule has 1 aromatic rings. The molecule has 1 aliphatic rings. The van der Waals surface area contributed by atoms with Crippen LogP contribution in [0.4, 0.5) is 4.79 Å². The van der Waals surface area contributed by atoms with Crippen molar-refractivity contribution in [2.75, 3.05) is 26.2 Å². The van der Waals surface area contributed by atoms with Gasteiger partial charge in [0.1, 0.15) is 6.61 Å². The first-order valence-electron chi connectivity index (χ1n) is 6.44. The van der Waals surface area contributed by atoms with Gasteiger partial charge >= 0.3 is 6.09 Å². The highest BCUT2D eigenvalue weighted by atomic mass is 16.6. The summed E-state index contributed by atoms with van der Waals surface area (Å²) in [6, 6.07) is 8.04. The number of nitrogens with one attached hydrogen (secondary N) is 1. The van der Waals surface area contributed by atoms with E-state index >= 15 is 0 Å². The fraction of sp³-hybridized carbons (Fsp3) is 0.500. The fourth-order valence-electron chi connectivity index (χ4n) is 1.95. The summed E-state index contributed by atoms with van der Waals surface area (Å²) in [4.78, 5) is 13.6. The maximum absolute atomic E-state index is 11.9. The molecule has 4 heteroatoms. The summed E-state index contributed by atoms with van der Waals surface area (Å²) in [7, 11) is 0. The third-order valence-corrected chi connectivity index (χ3v) is 3.08. The van der Waals surface area contributed by atoms with E-state index < -0.39 is 0 Å². The number of nitrogens with zero attached hydrogens (tertiary/aromatic N) is 1. The number of hydrogen-bond donors (Lipinski definition) is 1.